The van der Waals surface area contributed by atoms with E-state index in [1.54, 1.807) is 17.8 Å². The standard InChI is InChI=1S/C21H24Cl2N2O3S2/c1-15-2-5-18(6-3-15)29-13-10-24-21(26)16-8-11-25(12-9-16)30(27,28)20-14-17(22)4-7-19(20)23/h2-7,14,16H,8-13H2,1H3,(H,24,26). The van der Waals surface area contributed by atoms with Crippen LogP contribution in [0.25, 0.3) is 0 Å². The molecule has 30 heavy (non-hydrogen) atoms. The van der Waals surface area contributed by atoms with Gasteiger partial charge in [0.25, 0.3) is 0 Å². The van der Waals surface area contributed by atoms with Crippen LogP contribution < -0.4 is 5.32 Å². The van der Waals surface area contributed by atoms with Crippen LogP contribution in [-0.4, -0.2) is 44.0 Å². The molecule has 2 aromatic rings. The van der Waals surface area contributed by atoms with Crippen LogP contribution >= 0.6 is 35.0 Å². The topological polar surface area (TPSA) is 66.5 Å². The second kappa shape index (κ2) is 10.4. The number of carbonyl (C=O) groups excluding carboxylic acids is 1. The maximum Gasteiger partial charge on any atom is 0.244 e. The van der Waals surface area contributed by atoms with Crippen LogP contribution in [0.3, 0.4) is 0 Å². The Balaban J connectivity index is 1.47. The maximum absolute atomic E-state index is 12.9. The van der Waals surface area contributed by atoms with Crippen LogP contribution in [0.1, 0.15) is 18.4 Å². The van der Waals surface area contributed by atoms with Gasteiger partial charge >= 0.3 is 0 Å². The van der Waals surface area contributed by atoms with E-state index in [4.69, 9.17) is 23.2 Å². The molecule has 0 saturated carbocycles. The van der Waals surface area contributed by atoms with Crippen LogP contribution in [0.2, 0.25) is 10.0 Å². The van der Waals surface area contributed by atoms with Gasteiger partial charge in [0, 0.05) is 41.2 Å². The first-order chi connectivity index (χ1) is 14.3. The molecule has 5 nitrogen and oxygen atoms in total. The molecular formula is C21H24Cl2N2O3S2. The van der Waals surface area contributed by atoms with Crippen molar-refractivity contribution in [3.8, 4) is 0 Å². The number of carbonyl (C=O) groups is 1. The highest BCUT2D eigenvalue weighted by Crippen LogP contribution is 2.30. The molecule has 1 fully saturated rings. The predicted octanol–water partition coefficient (Wildman–Crippen LogP) is 4.61. The van der Waals surface area contributed by atoms with E-state index in [0.29, 0.717) is 24.4 Å². The quantitative estimate of drug-likeness (QED) is 0.458. The highest BCUT2D eigenvalue weighted by atomic mass is 35.5. The van der Waals surface area contributed by atoms with Crippen molar-refractivity contribution in [2.75, 3.05) is 25.4 Å². The Morgan fingerprint density at radius 1 is 1.13 bits per heavy atom. The van der Waals surface area contributed by atoms with Gasteiger partial charge in [-0.2, -0.15) is 4.31 Å². The van der Waals surface area contributed by atoms with Crippen molar-refractivity contribution in [1.29, 1.82) is 0 Å². The van der Waals surface area contributed by atoms with Crippen LogP contribution in [0, 0.1) is 12.8 Å². The molecule has 0 aliphatic carbocycles. The molecule has 0 atom stereocenters. The largest absolute Gasteiger partial charge is 0.355 e. The molecule has 1 amide bonds. The van der Waals surface area contributed by atoms with Crippen LogP contribution in [0.15, 0.2) is 52.3 Å². The Hall–Kier alpha value is -1.25. The number of nitrogens with one attached hydrogen (secondary N) is 1. The molecule has 0 bridgehead atoms. The van der Waals surface area contributed by atoms with E-state index in [9.17, 15) is 13.2 Å². The summed E-state index contributed by atoms with van der Waals surface area (Å²) >= 11 is 13.7. The molecule has 9 heteroatoms. The van der Waals surface area contributed by atoms with Gasteiger partial charge in [0.1, 0.15) is 4.90 Å². The number of aryl methyl sites for hydroxylation is 1. The van der Waals surface area contributed by atoms with Crippen LogP contribution in [0.4, 0.5) is 0 Å². The van der Waals surface area contributed by atoms with Crippen molar-refractivity contribution < 1.29 is 13.2 Å². The number of thioether (sulfide) groups is 1. The number of amides is 1. The summed E-state index contributed by atoms with van der Waals surface area (Å²) in [5, 5.41) is 3.43. The molecule has 0 unspecified atom stereocenters. The lowest BCUT2D eigenvalue weighted by atomic mass is 9.97. The molecule has 2 aromatic carbocycles. The molecule has 1 N–H and O–H groups in total. The summed E-state index contributed by atoms with van der Waals surface area (Å²) in [4.78, 5) is 13.6. The molecule has 0 radical (unpaired) electrons. The molecule has 3 rings (SSSR count). The fourth-order valence-electron chi connectivity index (χ4n) is 3.29. The Labute approximate surface area is 192 Å². The van der Waals surface area contributed by atoms with Gasteiger partial charge < -0.3 is 5.32 Å². The molecule has 1 aliphatic rings. The smallest absolute Gasteiger partial charge is 0.244 e. The molecule has 1 aliphatic heterocycles. The van der Waals surface area contributed by atoms with E-state index in [0.717, 1.165) is 5.75 Å². The third kappa shape index (κ3) is 5.92. The summed E-state index contributed by atoms with van der Waals surface area (Å²) in [5.41, 5.74) is 1.22. The minimum absolute atomic E-state index is 0.00713. The average Bonchev–Trinajstić information content (AvgIpc) is 2.74. The van der Waals surface area contributed by atoms with Gasteiger partial charge in [0.15, 0.2) is 0 Å². The summed E-state index contributed by atoms with van der Waals surface area (Å²) in [6.07, 6.45) is 0.961. The van der Waals surface area contributed by atoms with E-state index >= 15 is 0 Å². The first kappa shape index (κ1) is 23.4. The van der Waals surface area contributed by atoms with E-state index in [2.05, 4.69) is 36.5 Å². The predicted molar refractivity (Wildman–Crippen MR) is 123 cm³/mol. The molecule has 1 saturated heterocycles. The Kier molecular flexibility index (Phi) is 8.10. The molecule has 1 heterocycles. The molecule has 0 aromatic heterocycles. The Morgan fingerprint density at radius 3 is 2.47 bits per heavy atom. The van der Waals surface area contributed by atoms with Crippen LogP contribution in [0.5, 0.6) is 0 Å². The SMILES string of the molecule is Cc1ccc(SCCNC(=O)C2CCN(S(=O)(=O)c3cc(Cl)ccc3Cl)CC2)cc1. The Morgan fingerprint density at radius 2 is 1.80 bits per heavy atom. The molecular weight excluding hydrogens is 463 g/mol. The van der Waals surface area contributed by atoms with Crippen molar-refractivity contribution in [1.82, 2.24) is 9.62 Å². The summed E-state index contributed by atoms with van der Waals surface area (Å²) in [5.74, 6) is 0.586. The van der Waals surface area contributed by atoms with Gasteiger partial charge in [-0.1, -0.05) is 40.9 Å². The summed E-state index contributed by atoms with van der Waals surface area (Å²) in [6, 6.07) is 12.7. The zero-order valence-electron chi connectivity index (χ0n) is 16.6. The monoisotopic (exact) mass is 486 g/mol. The van der Waals surface area contributed by atoms with Gasteiger partial charge in [0.05, 0.1) is 5.02 Å². The van der Waals surface area contributed by atoms with Gasteiger partial charge in [-0.25, -0.2) is 8.42 Å². The first-order valence-electron chi connectivity index (χ1n) is 9.70. The van der Waals surface area contributed by atoms with E-state index in [-0.39, 0.29) is 34.8 Å². The van der Waals surface area contributed by atoms with Gasteiger partial charge in [-0.05, 0) is 50.1 Å². The zero-order chi connectivity index (χ0) is 21.7. The van der Waals surface area contributed by atoms with Crippen molar-refractivity contribution in [2.24, 2.45) is 5.92 Å². The normalized spacial score (nSPS) is 15.8. The van der Waals surface area contributed by atoms with Crippen molar-refractivity contribution in [3.05, 3.63) is 58.1 Å². The average molecular weight is 487 g/mol. The maximum atomic E-state index is 12.9. The van der Waals surface area contributed by atoms with E-state index in [1.807, 2.05) is 0 Å². The zero-order valence-corrected chi connectivity index (χ0v) is 19.8. The third-order valence-corrected chi connectivity index (χ3v) is 8.66. The Bertz CT molecular complexity index is 990. The lowest BCUT2D eigenvalue weighted by molar-refractivity contribution is -0.125. The van der Waals surface area contributed by atoms with E-state index in [1.165, 1.54) is 26.9 Å². The number of rotatable bonds is 7. The molecule has 162 valence electrons. The van der Waals surface area contributed by atoms with Crippen molar-refractivity contribution in [3.63, 3.8) is 0 Å². The first-order valence-corrected chi connectivity index (χ1v) is 12.9. The lowest BCUT2D eigenvalue weighted by Crippen LogP contribution is -2.43. The second-order valence-corrected chi connectivity index (χ2v) is 11.1. The number of halogens is 2. The van der Waals surface area contributed by atoms with Gasteiger partial charge in [0.2, 0.25) is 15.9 Å². The second-order valence-electron chi connectivity index (χ2n) is 7.21. The third-order valence-electron chi connectivity index (χ3n) is 5.03. The molecule has 0 spiro atoms. The highest BCUT2D eigenvalue weighted by molar-refractivity contribution is 7.99. The lowest BCUT2D eigenvalue weighted by Gasteiger charge is -2.30. The number of nitrogens with zero attached hydrogens (tertiary/aromatic N) is 1. The number of piperidine rings is 1. The number of benzene rings is 2. The fraction of sp³-hybridized carbons (Fsp3) is 0.381. The highest BCUT2D eigenvalue weighted by Gasteiger charge is 2.33. The summed E-state index contributed by atoms with van der Waals surface area (Å²) in [7, 11) is -3.74. The van der Waals surface area contributed by atoms with E-state index < -0.39 is 10.0 Å². The van der Waals surface area contributed by atoms with Gasteiger partial charge in [-0.15, -0.1) is 11.8 Å². The minimum Gasteiger partial charge on any atom is -0.355 e. The van der Waals surface area contributed by atoms with Gasteiger partial charge in [-0.3, -0.25) is 4.79 Å². The van der Waals surface area contributed by atoms with Crippen LogP contribution in [-0.2, 0) is 14.8 Å². The summed E-state index contributed by atoms with van der Waals surface area (Å²) < 4.78 is 27.1. The van der Waals surface area contributed by atoms with Crippen molar-refractivity contribution in [2.45, 2.75) is 29.6 Å². The summed E-state index contributed by atoms with van der Waals surface area (Å²) in [6.45, 7) is 3.19. The van der Waals surface area contributed by atoms with Crippen molar-refractivity contribution >= 4 is 50.9 Å². The number of hydrogen-bond donors (Lipinski definition) is 1. The minimum atomic E-state index is -3.74. The number of sulfonamides is 1. The number of hydrogen-bond acceptors (Lipinski definition) is 4. The fourth-order valence-corrected chi connectivity index (χ4v) is 6.27.